The van der Waals surface area contributed by atoms with E-state index in [1.165, 1.54) is 25.2 Å². The smallest absolute Gasteiger partial charge is 0.306 e. The lowest BCUT2D eigenvalue weighted by molar-refractivity contribution is -0.145. The Bertz CT molecular complexity index is 1530. The Labute approximate surface area is 253 Å². The molecule has 0 saturated heterocycles. The Balaban J connectivity index is 1.34. The molecule has 43 heavy (non-hydrogen) atoms. The van der Waals surface area contributed by atoms with E-state index in [0.717, 1.165) is 26.9 Å². The first kappa shape index (κ1) is 31.6. The van der Waals surface area contributed by atoms with Crippen LogP contribution in [-0.4, -0.2) is 66.1 Å². The number of amides is 1. The summed E-state index contributed by atoms with van der Waals surface area (Å²) in [4.78, 5) is 49.6. The second-order valence-electron chi connectivity index (χ2n) is 10.6. The van der Waals surface area contributed by atoms with Crippen LogP contribution in [0.4, 0.5) is 5.69 Å². The molecule has 0 aliphatic carbocycles. The van der Waals surface area contributed by atoms with Crippen molar-refractivity contribution in [3.8, 4) is 17.2 Å². The summed E-state index contributed by atoms with van der Waals surface area (Å²) in [5.41, 5.74) is 2.75. The molecule has 1 aliphatic rings. The number of ether oxygens (including phenoxy) is 3. The van der Waals surface area contributed by atoms with E-state index in [-0.39, 0.29) is 24.5 Å². The zero-order valence-electron chi connectivity index (χ0n) is 24.6. The SMILES string of the molecule is CNc1cc2c(cc1OCCCOc1cc3cc(C(=O)C[C@H](C)C(=O)O)sc3cc1OC)CN(C(=O)C[C@H](C)C(=O)O)C2. The van der Waals surface area contributed by atoms with Crippen LogP contribution in [0.5, 0.6) is 17.2 Å². The number of rotatable bonds is 15. The molecule has 11 nitrogen and oxygen atoms in total. The summed E-state index contributed by atoms with van der Waals surface area (Å²) in [6, 6.07) is 9.24. The highest BCUT2D eigenvalue weighted by atomic mass is 32.1. The number of nitrogens with zero attached hydrogens (tertiary/aromatic N) is 1. The number of carboxylic acid groups (broad SMARTS) is 2. The molecule has 0 fully saturated rings. The lowest BCUT2D eigenvalue weighted by Crippen LogP contribution is -2.28. The van der Waals surface area contributed by atoms with E-state index >= 15 is 0 Å². The number of ketones is 1. The standard InChI is InChI=1S/C31H36N2O9S/c1-17(30(36)37)8-23(34)28-13-19-11-26(25(40-4)14-27(19)43-28)42-7-5-6-41-24-12-21-16-33(15-20(21)10-22(24)32-3)29(35)9-18(2)31(38)39/h10-14,17-18,32H,5-9,15-16H2,1-4H3,(H,36,37)(H,38,39)/t17-,18-/m0/s1. The lowest BCUT2D eigenvalue weighted by atomic mass is 10.0. The van der Waals surface area contributed by atoms with E-state index in [1.54, 1.807) is 25.1 Å². The van der Waals surface area contributed by atoms with Gasteiger partial charge in [0, 0.05) is 50.2 Å². The fourth-order valence-electron chi connectivity index (χ4n) is 4.74. The van der Waals surface area contributed by atoms with Crippen LogP contribution >= 0.6 is 11.3 Å². The summed E-state index contributed by atoms with van der Waals surface area (Å²) >= 11 is 1.29. The van der Waals surface area contributed by atoms with Crippen molar-refractivity contribution in [1.82, 2.24) is 4.90 Å². The Morgan fingerprint density at radius 1 is 0.884 bits per heavy atom. The van der Waals surface area contributed by atoms with Crippen LogP contribution in [-0.2, 0) is 27.5 Å². The van der Waals surface area contributed by atoms with Gasteiger partial charge in [0.25, 0.3) is 0 Å². The Hall–Kier alpha value is -4.32. The van der Waals surface area contributed by atoms with Crippen molar-refractivity contribution in [1.29, 1.82) is 0 Å². The predicted molar refractivity (Wildman–Crippen MR) is 161 cm³/mol. The molecule has 230 valence electrons. The molecule has 3 aromatic rings. The van der Waals surface area contributed by atoms with Crippen LogP contribution in [0.1, 0.15) is 53.9 Å². The largest absolute Gasteiger partial charge is 0.493 e. The van der Waals surface area contributed by atoms with Gasteiger partial charge in [-0.15, -0.1) is 11.3 Å². The van der Waals surface area contributed by atoms with Crippen molar-refractivity contribution in [3.05, 3.63) is 46.3 Å². The molecule has 12 heteroatoms. The van der Waals surface area contributed by atoms with Gasteiger partial charge in [0.05, 0.1) is 42.7 Å². The first-order valence-corrected chi connectivity index (χ1v) is 14.8. The van der Waals surface area contributed by atoms with Crippen LogP contribution in [0.2, 0.25) is 0 Å². The minimum absolute atomic E-state index is 0.0406. The van der Waals surface area contributed by atoms with E-state index in [4.69, 9.17) is 24.4 Å². The molecule has 0 unspecified atom stereocenters. The number of thiophene rings is 1. The Kier molecular flexibility index (Phi) is 10.1. The monoisotopic (exact) mass is 612 g/mol. The van der Waals surface area contributed by atoms with Crippen LogP contribution in [0.25, 0.3) is 10.1 Å². The number of nitrogens with one attached hydrogen (secondary N) is 1. The van der Waals surface area contributed by atoms with Crippen molar-refractivity contribution in [2.24, 2.45) is 11.8 Å². The zero-order chi connectivity index (χ0) is 31.3. The van der Waals surface area contributed by atoms with Gasteiger partial charge in [0.2, 0.25) is 5.91 Å². The van der Waals surface area contributed by atoms with Gasteiger partial charge in [-0.05, 0) is 40.8 Å². The van der Waals surface area contributed by atoms with Gasteiger partial charge < -0.3 is 34.6 Å². The topological polar surface area (TPSA) is 152 Å². The summed E-state index contributed by atoms with van der Waals surface area (Å²) in [5.74, 6) is -2.18. The number of carbonyl (C=O) groups excluding carboxylic acids is 2. The quantitative estimate of drug-likeness (QED) is 0.157. The number of carboxylic acids is 2. The number of benzene rings is 2. The van der Waals surface area contributed by atoms with Gasteiger partial charge in [-0.2, -0.15) is 0 Å². The molecule has 0 spiro atoms. The molecule has 3 N–H and O–H groups in total. The third-order valence-electron chi connectivity index (χ3n) is 7.34. The number of anilines is 1. The first-order chi connectivity index (χ1) is 20.5. The van der Waals surface area contributed by atoms with E-state index in [0.29, 0.717) is 54.8 Å². The fourth-order valence-corrected chi connectivity index (χ4v) is 5.77. The maximum Gasteiger partial charge on any atom is 0.306 e. The van der Waals surface area contributed by atoms with Gasteiger partial charge in [-0.25, -0.2) is 0 Å². The number of fused-ring (bicyclic) bond motifs is 2. The Morgan fingerprint density at radius 2 is 1.51 bits per heavy atom. The molecule has 2 aromatic carbocycles. The van der Waals surface area contributed by atoms with Crippen molar-refractivity contribution in [2.75, 3.05) is 32.7 Å². The molecule has 0 radical (unpaired) electrons. The molecule has 1 aliphatic heterocycles. The van der Waals surface area contributed by atoms with Crippen LogP contribution < -0.4 is 19.5 Å². The van der Waals surface area contributed by atoms with Crippen molar-refractivity contribution in [2.45, 2.75) is 46.2 Å². The highest BCUT2D eigenvalue weighted by Crippen LogP contribution is 2.38. The lowest BCUT2D eigenvalue weighted by Gasteiger charge is -2.16. The van der Waals surface area contributed by atoms with E-state index in [2.05, 4.69) is 5.32 Å². The summed E-state index contributed by atoms with van der Waals surface area (Å²) in [6.07, 6.45) is 0.463. The van der Waals surface area contributed by atoms with Crippen molar-refractivity contribution in [3.63, 3.8) is 0 Å². The number of hydrogen-bond acceptors (Lipinski definition) is 9. The number of Topliss-reactive ketones (excluding diaryl/α,β-unsaturated/α-hetero) is 1. The van der Waals surface area contributed by atoms with Crippen LogP contribution in [0.15, 0.2) is 30.3 Å². The highest BCUT2D eigenvalue weighted by molar-refractivity contribution is 7.20. The molecular weight excluding hydrogens is 576 g/mol. The number of aliphatic carboxylic acids is 2. The second-order valence-corrected chi connectivity index (χ2v) is 11.7. The number of carbonyl (C=O) groups is 4. The maximum atomic E-state index is 12.6. The van der Waals surface area contributed by atoms with Gasteiger partial charge in [-0.3, -0.25) is 19.2 Å². The second kappa shape index (κ2) is 13.8. The molecule has 4 rings (SSSR count). The van der Waals surface area contributed by atoms with Crippen LogP contribution in [0, 0.1) is 11.8 Å². The average molecular weight is 613 g/mol. The van der Waals surface area contributed by atoms with Crippen molar-refractivity contribution >= 4 is 50.7 Å². The van der Waals surface area contributed by atoms with E-state index in [1.807, 2.05) is 24.3 Å². The van der Waals surface area contributed by atoms with Crippen LogP contribution in [0.3, 0.4) is 0 Å². The van der Waals surface area contributed by atoms with Gasteiger partial charge in [0.15, 0.2) is 17.3 Å². The third kappa shape index (κ3) is 7.56. The molecule has 1 amide bonds. The normalized spacial score (nSPS) is 13.7. The zero-order valence-corrected chi connectivity index (χ0v) is 25.4. The minimum Gasteiger partial charge on any atom is -0.493 e. The summed E-state index contributed by atoms with van der Waals surface area (Å²) in [5, 5.41) is 22.2. The molecular formula is C31H36N2O9S. The van der Waals surface area contributed by atoms with Gasteiger partial charge in [-0.1, -0.05) is 13.8 Å². The number of hydrogen-bond donors (Lipinski definition) is 3. The molecule has 2 heterocycles. The molecule has 1 aromatic heterocycles. The summed E-state index contributed by atoms with van der Waals surface area (Å²) in [7, 11) is 3.34. The molecule has 0 bridgehead atoms. The third-order valence-corrected chi connectivity index (χ3v) is 8.48. The van der Waals surface area contributed by atoms with E-state index < -0.39 is 23.8 Å². The minimum atomic E-state index is -1.00. The van der Waals surface area contributed by atoms with E-state index in [9.17, 15) is 19.2 Å². The molecule has 2 atom stereocenters. The van der Waals surface area contributed by atoms with Crippen molar-refractivity contribution < 1.29 is 43.6 Å². The number of methoxy groups -OCH3 is 1. The summed E-state index contributed by atoms with van der Waals surface area (Å²) in [6.45, 7) is 4.59. The highest BCUT2D eigenvalue weighted by Gasteiger charge is 2.27. The molecule has 0 saturated carbocycles. The fraction of sp³-hybridized carbons (Fsp3) is 0.419. The summed E-state index contributed by atoms with van der Waals surface area (Å²) < 4.78 is 18.4. The average Bonchev–Trinajstić information content (AvgIpc) is 3.59. The first-order valence-electron chi connectivity index (χ1n) is 14.0. The van der Waals surface area contributed by atoms with Gasteiger partial charge >= 0.3 is 11.9 Å². The Morgan fingerprint density at radius 3 is 2.14 bits per heavy atom. The maximum absolute atomic E-state index is 12.6. The van der Waals surface area contributed by atoms with Gasteiger partial charge in [0.1, 0.15) is 5.75 Å². The predicted octanol–water partition coefficient (Wildman–Crippen LogP) is 5.05.